The Morgan fingerprint density at radius 2 is 1.93 bits per heavy atom. The fourth-order valence-electron chi connectivity index (χ4n) is 3.43. The van der Waals surface area contributed by atoms with Gasteiger partial charge in [-0.05, 0) is 42.0 Å². The number of phenols is 1. The summed E-state index contributed by atoms with van der Waals surface area (Å²) in [4.78, 5) is 28.4. The number of carbonyl (C=O) groups is 2. The van der Waals surface area contributed by atoms with Crippen LogP contribution in [0.5, 0.6) is 17.2 Å². The number of likely N-dealkylation sites (tertiary alicyclic amines) is 1. The van der Waals surface area contributed by atoms with E-state index < -0.39 is 0 Å². The van der Waals surface area contributed by atoms with Crippen molar-refractivity contribution < 1.29 is 24.2 Å². The average Bonchev–Trinajstić information content (AvgIpc) is 3.27. The molecule has 140 valence electrons. The normalized spacial score (nSPS) is 18.0. The van der Waals surface area contributed by atoms with Gasteiger partial charge in [0.05, 0.1) is 5.92 Å². The van der Waals surface area contributed by atoms with Crippen molar-refractivity contribution in [2.45, 2.75) is 13.0 Å². The van der Waals surface area contributed by atoms with Gasteiger partial charge in [-0.3, -0.25) is 9.59 Å². The third-order valence-electron chi connectivity index (χ3n) is 4.94. The minimum absolute atomic E-state index is 0.0369. The molecular weight excluding hydrogens is 348 g/mol. The molecule has 2 aliphatic heterocycles. The lowest BCUT2D eigenvalue weighted by Crippen LogP contribution is -2.34. The molecule has 2 aliphatic rings. The number of hydrogen-bond donors (Lipinski definition) is 1. The van der Waals surface area contributed by atoms with E-state index in [-0.39, 0.29) is 36.7 Å². The number of fused-ring (bicyclic) bond motifs is 1. The van der Waals surface area contributed by atoms with Gasteiger partial charge in [0.15, 0.2) is 11.5 Å². The van der Waals surface area contributed by atoms with Gasteiger partial charge in [0.2, 0.25) is 18.6 Å². The van der Waals surface area contributed by atoms with Gasteiger partial charge in [0.25, 0.3) is 0 Å². The first-order chi connectivity index (χ1) is 13.0. The summed E-state index contributed by atoms with van der Waals surface area (Å²) in [6.07, 6.45) is 0.200. The minimum atomic E-state index is -0.384. The second kappa shape index (κ2) is 6.83. The van der Waals surface area contributed by atoms with E-state index in [2.05, 4.69) is 0 Å². The lowest BCUT2D eigenvalue weighted by Gasteiger charge is -2.21. The molecule has 0 aromatic heterocycles. The third-order valence-corrected chi connectivity index (χ3v) is 4.94. The van der Waals surface area contributed by atoms with Gasteiger partial charge in [-0.1, -0.05) is 6.07 Å². The zero-order valence-corrected chi connectivity index (χ0v) is 14.9. The Bertz CT molecular complexity index is 880. The first kappa shape index (κ1) is 17.2. The molecule has 2 aromatic rings. The van der Waals surface area contributed by atoms with E-state index in [1.54, 1.807) is 24.1 Å². The molecule has 1 unspecified atom stereocenters. The summed E-state index contributed by atoms with van der Waals surface area (Å²) < 4.78 is 10.7. The maximum absolute atomic E-state index is 12.8. The number of hydrogen-bond acceptors (Lipinski definition) is 5. The lowest BCUT2D eigenvalue weighted by atomic mass is 10.1. The Balaban J connectivity index is 1.42. The van der Waals surface area contributed by atoms with Crippen molar-refractivity contribution in [1.29, 1.82) is 0 Å². The van der Waals surface area contributed by atoms with Crippen LogP contribution < -0.4 is 14.4 Å². The highest BCUT2D eigenvalue weighted by atomic mass is 16.7. The molecule has 4 rings (SSSR count). The van der Waals surface area contributed by atoms with Crippen molar-refractivity contribution in [3.05, 3.63) is 48.0 Å². The minimum Gasteiger partial charge on any atom is -0.508 e. The lowest BCUT2D eigenvalue weighted by molar-refractivity contribution is -0.128. The summed E-state index contributed by atoms with van der Waals surface area (Å²) in [5.74, 6) is 0.997. The number of rotatable bonds is 4. The van der Waals surface area contributed by atoms with Crippen LogP contribution in [0.2, 0.25) is 0 Å². The van der Waals surface area contributed by atoms with Crippen LogP contribution in [-0.4, -0.2) is 42.2 Å². The number of benzene rings is 2. The number of phenolic OH excluding ortho intramolecular Hbond substituents is 1. The molecule has 7 heteroatoms. The fourth-order valence-corrected chi connectivity index (χ4v) is 3.43. The van der Waals surface area contributed by atoms with Gasteiger partial charge in [-0.25, -0.2) is 0 Å². The van der Waals surface area contributed by atoms with Crippen LogP contribution in [0.3, 0.4) is 0 Å². The predicted octanol–water partition coefficient (Wildman–Crippen LogP) is 2.13. The van der Waals surface area contributed by atoms with Crippen molar-refractivity contribution in [3.8, 4) is 17.2 Å². The summed E-state index contributed by atoms with van der Waals surface area (Å²) in [6, 6.07) is 12.0. The predicted molar refractivity (Wildman–Crippen MR) is 97.6 cm³/mol. The molecule has 1 saturated heterocycles. The Labute approximate surface area is 156 Å². The van der Waals surface area contributed by atoms with Crippen molar-refractivity contribution >= 4 is 17.5 Å². The molecule has 0 aliphatic carbocycles. The smallest absolute Gasteiger partial charge is 0.232 e. The van der Waals surface area contributed by atoms with Crippen LogP contribution in [0.25, 0.3) is 0 Å². The molecule has 0 bridgehead atoms. The van der Waals surface area contributed by atoms with Crippen LogP contribution >= 0.6 is 0 Å². The third kappa shape index (κ3) is 3.40. The Morgan fingerprint density at radius 1 is 1.19 bits per heavy atom. The number of carbonyl (C=O) groups excluding carboxylic acids is 2. The Morgan fingerprint density at radius 3 is 2.70 bits per heavy atom. The van der Waals surface area contributed by atoms with E-state index in [1.165, 1.54) is 17.0 Å². The molecule has 1 fully saturated rings. The molecular formula is C20H20N2O5. The molecule has 1 N–H and O–H groups in total. The first-order valence-electron chi connectivity index (χ1n) is 8.74. The molecule has 27 heavy (non-hydrogen) atoms. The number of aromatic hydroxyl groups is 1. The molecule has 2 heterocycles. The molecule has 7 nitrogen and oxygen atoms in total. The molecule has 1 atom stereocenters. The second-order valence-electron chi connectivity index (χ2n) is 6.78. The van der Waals surface area contributed by atoms with E-state index in [9.17, 15) is 14.7 Å². The van der Waals surface area contributed by atoms with Crippen LogP contribution in [0.1, 0.15) is 12.0 Å². The van der Waals surface area contributed by atoms with Crippen LogP contribution in [0.15, 0.2) is 42.5 Å². The van der Waals surface area contributed by atoms with Gasteiger partial charge in [0.1, 0.15) is 5.75 Å². The Kier molecular flexibility index (Phi) is 4.35. The standard InChI is InChI=1S/C20H20N2O5/c1-21(15-3-5-16(23)6-4-15)20(25)14-9-19(24)22(11-14)10-13-2-7-17-18(8-13)27-12-26-17/h2-8,14,23H,9-12H2,1H3. The van der Waals surface area contributed by atoms with E-state index in [0.717, 1.165) is 5.56 Å². The van der Waals surface area contributed by atoms with Gasteiger partial charge < -0.3 is 24.4 Å². The Hall–Kier alpha value is -3.22. The average molecular weight is 368 g/mol. The van der Waals surface area contributed by atoms with Crippen molar-refractivity contribution in [3.63, 3.8) is 0 Å². The summed E-state index contributed by atoms with van der Waals surface area (Å²) in [5, 5.41) is 9.39. The highest BCUT2D eigenvalue weighted by Crippen LogP contribution is 2.33. The van der Waals surface area contributed by atoms with E-state index in [1.807, 2.05) is 18.2 Å². The number of nitrogens with zero attached hydrogens (tertiary/aromatic N) is 2. The largest absolute Gasteiger partial charge is 0.508 e. The summed E-state index contributed by atoms with van der Waals surface area (Å²) >= 11 is 0. The van der Waals surface area contributed by atoms with Crippen molar-refractivity contribution in [2.75, 3.05) is 25.3 Å². The van der Waals surface area contributed by atoms with Gasteiger partial charge >= 0.3 is 0 Å². The zero-order valence-electron chi connectivity index (χ0n) is 14.9. The van der Waals surface area contributed by atoms with E-state index in [4.69, 9.17) is 9.47 Å². The van der Waals surface area contributed by atoms with Gasteiger partial charge in [-0.15, -0.1) is 0 Å². The molecule has 0 saturated carbocycles. The molecule has 2 aromatic carbocycles. The van der Waals surface area contributed by atoms with E-state index >= 15 is 0 Å². The highest BCUT2D eigenvalue weighted by Gasteiger charge is 2.36. The summed E-state index contributed by atoms with van der Waals surface area (Å²) in [6.45, 7) is 1.03. The topological polar surface area (TPSA) is 79.3 Å². The number of anilines is 1. The number of amides is 2. The van der Waals surface area contributed by atoms with Gasteiger partial charge in [0, 0.05) is 32.2 Å². The fraction of sp³-hybridized carbons (Fsp3) is 0.300. The van der Waals surface area contributed by atoms with Crippen LogP contribution in [0, 0.1) is 5.92 Å². The zero-order chi connectivity index (χ0) is 19.0. The monoisotopic (exact) mass is 368 g/mol. The van der Waals surface area contributed by atoms with Crippen LogP contribution in [-0.2, 0) is 16.1 Å². The van der Waals surface area contributed by atoms with Crippen LogP contribution in [0.4, 0.5) is 5.69 Å². The maximum Gasteiger partial charge on any atom is 0.232 e. The number of ether oxygens (including phenoxy) is 2. The molecule has 0 radical (unpaired) electrons. The summed E-state index contributed by atoms with van der Waals surface area (Å²) in [7, 11) is 1.68. The highest BCUT2D eigenvalue weighted by molar-refractivity contribution is 5.98. The summed E-state index contributed by atoms with van der Waals surface area (Å²) in [5.41, 5.74) is 1.62. The van der Waals surface area contributed by atoms with Crippen molar-refractivity contribution in [2.24, 2.45) is 5.92 Å². The molecule has 2 amide bonds. The van der Waals surface area contributed by atoms with Crippen molar-refractivity contribution in [1.82, 2.24) is 4.90 Å². The second-order valence-corrected chi connectivity index (χ2v) is 6.78. The maximum atomic E-state index is 12.8. The first-order valence-corrected chi connectivity index (χ1v) is 8.74. The molecule has 0 spiro atoms. The van der Waals surface area contributed by atoms with Gasteiger partial charge in [-0.2, -0.15) is 0 Å². The SMILES string of the molecule is CN(C(=O)C1CC(=O)N(Cc2ccc3c(c2)OCO3)C1)c1ccc(O)cc1. The van der Waals surface area contributed by atoms with E-state index in [0.29, 0.717) is 30.3 Å². The quantitative estimate of drug-likeness (QED) is 0.894.